The van der Waals surface area contributed by atoms with E-state index in [-0.39, 0.29) is 18.0 Å². The van der Waals surface area contributed by atoms with Crippen LogP contribution in [0.4, 0.5) is 20.3 Å². The predicted octanol–water partition coefficient (Wildman–Crippen LogP) is 5.24. The van der Waals surface area contributed by atoms with E-state index in [0.29, 0.717) is 23.4 Å². The molecule has 3 heterocycles. The topological polar surface area (TPSA) is 66.4 Å². The number of pyridine rings is 1. The quantitative estimate of drug-likeness (QED) is 0.469. The van der Waals surface area contributed by atoms with Gasteiger partial charge in [-0.3, -0.25) is 4.90 Å². The number of fused-ring (bicyclic) bond motifs is 1. The Morgan fingerprint density at radius 3 is 2.49 bits per heavy atom. The minimum atomic E-state index is -2.85. The molecule has 1 aromatic carbocycles. The molecule has 3 aromatic rings. The van der Waals surface area contributed by atoms with Crippen molar-refractivity contribution in [1.29, 1.82) is 0 Å². The highest BCUT2D eigenvalue weighted by atomic mass is 19.3. The number of anilines is 2. The standard InChI is InChI=1S/C26H34F2N6O/c1-6-26(27,28)20-9-7-8-19(14-20)18(4)31-23-21-15-22(25(35-5)32-24(21)30-16-29-23)34-12-10-33(11-13-34)17(2)3/h7-9,14-18H,6,10-13H2,1-5H3,(H,29,30,31,32)/t18-/m1/s1. The highest BCUT2D eigenvalue weighted by molar-refractivity contribution is 5.90. The molecule has 7 nitrogen and oxygen atoms in total. The Bertz CT molecular complexity index is 1160. The average Bonchev–Trinajstić information content (AvgIpc) is 2.88. The number of piperazine rings is 1. The van der Waals surface area contributed by atoms with Gasteiger partial charge < -0.3 is 15.0 Å². The second-order valence-electron chi connectivity index (χ2n) is 9.28. The molecule has 1 N–H and O–H groups in total. The number of hydrogen-bond donors (Lipinski definition) is 1. The maximum atomic E-state index is 14.3. The molecule has 4 rings (SSSR count). The number of methoxy groups -OCH3 is 1. The van der Waals surface area contributed by atoms with Crippen LogP contribution in [0.3, 0.4) is 0 Å². The smallest absolute Gasteiger partial charge is 0.273 e. The number of aromatic nitrogens is 3. The van der Waals surface area contributed by atoms with Crippen molar-refractivity contribution in [1.82, 2.24) is 19.9 Å². The second kappa shape index (κ2) is 10.3. The molecule has 188 valence electrons. The molecule has 2 aromatic heterocycles. The molecule has 0 bridgehead atoms. The van der Waals surface area contributed by atoms with Crippen LogP contribution < -0.4 is 15.0 Å². The van der Waals surface area contributed by atoms with Gasteiger partial charge in [0.25, 0.3) is 5.92 Å². The summed E-state index contributed by atoms with van der Waals surface area (Å²) in [6, 6.07) is 8.83. The predicted molar refractivity (Wildman–Crippen MR) is 135 cm³/mol. The lowest BCUT2D eigenvalue weighted by Gasteiger charge is -2.38. The Balaban J connectivity index is 1.64. The molecule has 35 heavy (non-hydrogen) atoms. The van der Waals surface area contributed by atoms with E-state index in [0.717, 1.165) is 42.8 Å². The number of ether oxygens (including phenoxy) is 1. The van der Waals surface area contributed by atoms with E-state index in [2.05, 4.69) is 43.9 Å². The van der Waals surface area contributed by atoms with Gasteiger partial charge in [0.05, 0.1) is 12.5 Å². The minimum Gasteiger partial charge on any atom is -0.479 e. The van der Waals surface area contributed by atoms with Gasteiger partial charge in [0.2, 0.25) is 5.88 Å². The van der Waals surface area contributed by atoms with Crippen LogP contribution in [0.2, 0.25) is 0 Å². The van der Waals surface area contributed by atoms with Crippen LogP contribution in [-0.4, -0.2) is 59.2 Å². The van der Waals surface area contributed by atoms with Gasteiger partial charge in [0.1, 0.15) is 17.8 Å². The van der Waals surface area contributed by atoms with Crippen molar-refractivity contribution in [2.75, 3.05) is 43.5 Å². The lowest BCUT2D eigenvalue weighted by molar-refractivity contribution is -0.00836. The van der Waals surface area contributed by atoms with Crippen LogP contribution in [0.25, 0.3) is 11.0 Å². The first-order chi connectivity index (χ1) is 16.7. The maximum absolute atomic E-state index is 14.3. The number of nitrogens with one attached hydrogen (secondary N) is 1. The number of hydrogen-bond acceptors (Lipinski definition) is 7. The van der Waals surface area contributed by atoms with E-state index in [1.54, 1.807) is 19.2 Å². The van der Waals surface area contributed by atoms with Crippen LogP contribution in [0.15, 0.2) is 36.7 Å². The van der Waals surface area contributed by atoms with Gasteiger partial charge in [-0.15, -0.1) is 0 Å². The summed E-state index contributed by atoms with van der Waals surface area (Å²) in [6.45, 7) is 11.5. The molecule has 0 aliphatic carbocycles. The van der Waals surface area contributed by atoms with Crippen molar-refractivity contribution in [2.45, 2.75) is 52.1 Å². The third-order valence-electron chi connectivity index (χ3n) is 6.76. The molecule has 0 radical (unpaired) electrons. The lowest BCUT2D eigenvalue weighted by Crippen LogP contribution is -2.49. The van der Waals surface area contributed by atoms with Crippen LogP contribution in [-0.2, 0) is 5.92 Å². The van der Waals surface area contributed by atoms with E-state index in [9.17, 15) is 8.78 Å². The molecule has 9 heteroatoms. The van der Waals surface area contributed by atoms with Crippen LogP contribution in [0.1, 0.15) is 51.3 Å². The first kappa shape index (κ1) is 25.0. The summed E-state index contributed by atoms with van der Waals surface area (Å²) in [6.07, 6.45) is 1.21. The summed E-state index contributed by atoms with van der Waals surface area (Å²) in [5.41, 5.74) is 2.20. The molecule has 1 aliphatic heterocycles. The van der Waals surface area contributed by atoms with Crippen LogP contribution >= 0.6 is 0 Å². The van der Waals surface area contributed by atoms with Gasteiger partial charge in [-0.25, -0.2) is 18.7 Å². The molecular weight excluding hydrogens is 450 g/mol. The molecule has 0 unspecified atom stereocenters. The molecule has 0 spiro atoms. The number of nitrogens with zero attached hydrogens (tertiary/aromatic N) is 5. The Labute approximate surface area is 205 Å². The molecule has 1 aliphatic rings. The zero-order valence-electron chi connectivity index (χ0n) is 21.1. The molecule has 1 atom stereocenters. The fourth-order valence-corrected chi connectivity index (χ4v) is 4.46. The van der Waals surface area contributed by atoms with Gasteiger partial charge in [-0.2, -0.15) is 4.98 Å². The van der Waals surface area contributed by atoms with Gasteiger partial charge in [-0.05, 0) is 38.5 Å². The van der Waals surface area contributed by atoms with Gasteiger partial charge in [0.15, 0.2) is 5.65 Å². The highest BCUT2D eigenvalue weighted by Gasteiger charge is 2.29. The van der Waals surface area contributed by atoms with E-state index < -0.39 is 5.92 Å². The average molecular weight is 485 g/mol. The lowest BCUT2D eigenvalue weighted by atomic mass is 10.00. The number of alkyl halides is 2. The molecule has 0 amide bonds. The molecule has 1 fully saturated rings. The monoisotopic (exact) mass is 484 g/mol. The number of halogens is 2. The van der Waals surface area contributed by atoms with E-state index in [1.807, 2.05) is 19.1 Å². The third kappa shape index (κ3) is 5.29. The minimum absolute atomic E-state index is 0.0212. The fraction of sp³-hybridized carbons (Fsp3) is 0.500. The van der Waals surface area contributed by atoms with Crippen molar-refractivity contribution in [2.24, 2.45) is 0 Å². The second-order valence-corrected chi connectivity index (χ2v) is 9.28. The summed E-state index contributed by atoms with van der Waals surface area (Å²) in [5, 5.41) is 4.14. The fourth-order valence-electron chi connectivity index (χ4n) is 4.46. The normalized spacial score (nSPS) is 16.1. The van der Waals surface area contributed by atoms with Gasteiger partial charge in [-0.1, -0.05) is 25.1 Å². The summed E-state index contributed by atoms with van der Waals surface area (Å²) < 4.78 is 34.1. The summed E-state index contributed by atoms with van der Waals surface area (Å²) in [7, 11) is 1.61. The van der Waals surface area contributed by atoms with E-state index >= 15 is 0 Å². The van der Waals surface area contributed by atoms with Gasteiger partial charge >= 0.3 is 0 Å². The van der Waals surface area contributed by atoms with E-state index in [4.69, 9.17) is 4.74 Å². The van der Waals surface area contributed by atoms with E-state index in [1.165, 1.54) is 19.3 Å². The third-order valence-corrected chi connectivity index (χ3v) is 6.76. The summed E-state index contributed by atoms with van der Waals surface area (Å²) in [5.74, 6) is -1.72. The zero-order chi connectivity index (χ0) is 25.2. The SMILES string of the molecule is CCC(F)(F)c1cccc([C@@H](C)Nc2ncnc3nc(OC)c(N4CCN(C(C)C)CC4)cc23)c1. The van der Waals surface area contributed by atoms with Crippen molar-refractivity contribution in [3.05, 3.63) is 47.8 Å². The number of benzene rings is 1. The Morgan fingerprint density at radius 1 is 1.09 bits per heavy atom. The zero-order valence-corrected chi connectivity index (χ0v) is 21.1. The summed E-state index contributed by atoms with van der Waals surface area (Å²) >= 11 is 0. The first-order valence-corrected chi connectivity index (χ1v) is 12.2. The number of rotatable bonds is 8. The Morgan fingerprint density at radius 2 is 1.83 bits per heavy atom. The Kier molecular flexibility index (Phi) is 7.35. The summed E-state index contributed by atoms with van der Waals surface area (Å²) in [4.78, 5) is 18.2. The first-order valence-electron chi connectivity index (χ1n) is 12.2. The maximum Gasteiger partial charge on any atom is 0.273 e. The largest absolute Gasteiger partial charge is 0.479 e. The van der Waals surface area contributed by atoms with Crippen molar-refractivity contribution < 1.29 is 13.5 Å². The van der Waals surface area contributed by atoms with Crippen molar-refractivity contribution in [3.63, 3.8) is 0 Å². The van der Waals surface area contributed by atoms with Crippen molar-refractivity contribution >= 4 is 22.5 Å². The van der Waals surface area contributed by atoms with Gasteiger partial charge in [0, 0.05) is 50.2 Å². The highest BCUT2D eigenvalue weighted by Crippen LogP contribution is 2.35. The molecular formula is C26H34F2N6O. The molecule has 0 saturated carbocycles. The molecule has 1 saturated heterocycles. The van der Waals surface area contributed by atoms with Crippen LogP contribution in [0, 0.1) is 0 Å². The van der Waals surface area contributed by atoms with Crippen LogP contribution in [0.5, 0.6) is 5.88 Å². The van der Waals surface area contributed by atoms with Crippen molar-refractivity contribution in [3.8, 4) is 5.88 Å². The Hall–Kier alpha value is -3.07.